The van der Waals surface area contributed by atoms with E-state index >= 15 is 4.39 Å². The van der Waals surface area contributed by atoms with Crippen molar-refractivity contribution in [1.82, 2.24) is 9.80 Å². The van der Waals surface area contributed by atoms with Crippen LogP contribution in [-0.4, -0.2) is 54.7 Å². The topological polar surface area (TPSA) is 49.9 Å². The Labute approximate surface area is 133 Å². The number of benzene rings is 1. The molecule has 1 saturated heterocycles. The van der Waals surface area contributed by atoms with E-state index in [4.69, 9.17) is 4.74 Å². The quantitative estimate of drug-likeness (QED) is 0.796. The Bertz CT molecular complexity index is 762. The number of alkyl halides is 1. The van der Waals surface area contributed by atoms with Crippen molar-refractivity contribution >= 4 is 11.9 Å². The third kappa shape index (κ3) is 1.46. The van der Waals surface area contributed by atoms with E-state index in [1.54, 1.807) is 7.05 Å². The van der Waals surface area contributed by atoms with Crippen LogP contribution in [0.25, 0.3) is 0 Å². The number of hydrogen-bond acceptors (Lipinski definition) is 3. The van der Waals surface area contributed by atoms with Gasteiger partial charge in [-0.15, -0.1) is 0 Å². The van der Waals surface area contributed by atoms with E-state index in [1.165, 1.54) is 19.1 Å². The number of carbonyl (C=O) groups excluding carboxylic acids is 2. The maximum atomic E-state index is 16.2. The molecule has 4 aliphatic rings. The van der Waals surface area contributed by atoms with Gasteiger partial charge in [0.25, 0.3) is 5.91 Å². The Morgan fingerprint density at radius 2 is 1.83 bits per heavy atom. The monoisotopic (exact) mass is 316 g/mol. The van der Waals surface area contributed by atoms with Gasteiger partial charge in [-0.1, -0.05) is 24.3 Å². The van der Waals surface area contributed by atoms with Crippen molar-refractivity contribution in [2.45, 2.75) is 23.5 Å². The molecule has 4 atom stereocenters. The largest absolute Gasteiger partial charge is 0.501 e. The Morgan fingerprint density at radius 3 is 2.48 bits per heavy atom. The van der Waals surface area contributed by atoms with Crippen molar-refractivity contribution in [3.63, 3.8) is 0 Å². The van der Waals surface area contributed by atoms with Gasteiger partial charge in [-0.25, -0.2) is 9.18 Å². The Balaban J connectivity index is 2.01. The molecule has 1 aliphatic heterocycles. The summed E-state index contributed by atoms with van der Waals surface area (Å²) in [4.78, 5) is 27.2. The smallest absolute Gasteiger partial charge is 0.326 e. The van der Waals surface area contributed by atoms with Gasteiger partial charge in [0.05, 0.1) is 19.1 Å². The summed E-state index contributed by atoms with van der Waals surface area (Å²) in [5.74, 6) is -1.57. The lowest BCUT2D eigenvalue weighted by Crippen LogP contribution is -2.73. The molecule has 0 radical (unpaired) electrons. The van der Waals surface area contributed by atoms with Gasteiger partial charge < -0.3 is 9.64 Å². The van der Waals surface area contributed by atoms with E-state index < -0.39 is 35.5 Å². The van der Waals surface area contributed by atoms with Gasteiger partial charge in [-0.05, 0) is 17.2 Å². The Kier molecular flexibility index (Phi) is 2.69. The number of hydrogen-bond donors (Lipinski definition) is 0. The fraction of sp³-hybridized carbons (Fsp3) is 0.412. The van der Waals surface area contributed by atoms with E-state index in [1.807, 2.05) is 30.3 Å². The highest BCUT2D eigenvalue weighted by Crippen LogP contribution is 2.58. The van der Waals surface area contributed by atoms with Crippen LogP contribution in [0.3, 0.4) is 0 Å². The molecule has 3 amide bonds. The van der Waals surface area contributed by atoms with Crippen molar-refractivity contribution in [1.29, 1.82) is 0 Å². The molecule has 5 rings (SSSR count). The molecule has 0 saturated carbocycles. The Morgan fingerprint density at radius 1 is 1.17 bits per heavy atom. The molecule has 0 aromatic heterocycles. The first-order chi connectivity index (χ1) is 10.9. The molecular weight excluding hydrogens is 299 g/mol. The lowest BCUT2D eigenvalue weighted by atomic mass is 9.58. The van der Waals surface area contributed by atoms with E-state index in [0.717, 1.165) is 16.0 Å². The number of likely N-dealkylation sites (N-methyl/N-ethyl adjacent to an activating group) is 1. The zero-order valence-corrected chi connectivity index (χ0v) is 13.1. The van der Waals surface area contributed by atoms with Crippen LogP contribution in [0.15, 0.2) is 36.1 Å². The van der Waals surface area contributed by atoms with Gasteiger partial charge in [0.2, 0.25) is 5.67 Å². The molecule has 5 nitrogen and oxygen atoms in total. The van der Waals surface area contributed by atoms with E-state index in [2.05, 4.69) is 0 Å². The fourth-order valence-corrected chi connectivity index (χ4v) is 4.38. The summed E-state index contributed by atoms with van der Waals surface area (Å²) in [5.41, 5.74) is -0.495. The molecule has 1 aromatic rings. The fourth-order valence-electron chi connectivity index (χ4n) is 4.38. The van der Waals surface area contributed by atoms with Crippen LogP contribution in [0.2, 0.25) is 0 Å². The van der Waals surface area contributed by atoms with E-state index in [9.17, 15) is 9.59 Å². The highest BCUT2D eigenvalue weighted by molar-refractivity contribution is 6.03. The molecule has 0 N–H and O–H groups in total. The lowest BCUT2D eigenvalue weighted by molar-refractivity contribution is -0.155. The van der Waals surface area contributed by atoms with Crippen LogP contribution in [0.5, 0.6) is 0 Å². The minimum absolute atomic E-state index is 0.400. The lowest BCUT2D eigenvalue weighted by Gasteiger charge is -2.56. The number of carbonyl (C=O) groups is 2. The highest BCUT2D eigenvalue weighted by atomic mass is 19.1. The van der Waals surface area contributed by atoms with Crippen LogP contribution in [-0.2, 0) is 9.53 Å². The van der Waals surface area contributed by atoms with Gasteiger partial charge in [0.1, 0.15) is 5.76 Å². The summed E-state index contributed by atoms with van der Waals surface area (Å²) < 4.78 is 21.6. The second kappa shape index (κ2) is 4.34. The van der Waals surface area contributed by atoms with Crippen LogP contribution < -0.4 is 0 Å². The molecule has 120 valence electrons. The number of urea groups is 1. The normalized spacial score (nSPS) is 35.0. The molecule has 23 heavy (non-hydrogen) atoms. The first-order valence-corrected chi connectivity index (χ1v) is 7.51. The summed E-state index contributed by atoms with van der Waals surface area (Å²) in [6, 6.07) is 6.15. The predicted octanol–water partition coefficient (Wildman–Crippen LogP) is 2.01. The maximum absolute atomic E-state index is 16.2. The van der Waals surface area contributed by atoms with Crippen molar-refractivity contribution in [2.75, 3.05) is 21.2 Å². The van der Waals surface area contributed by atoms with E-state index in [0.29, 0.717) is 5.76 Å². The van der Waals surface area contributed by atoms with Crippen molar-refractivity contribution < 1.29 is 18.7 Å². The Hall–Kier alpha value is -2.37. The van der Waals surface area contributed by atoms with Crippen LogP contribution in [0.1, 0.15) is 23.0 Å². The third-order valence-corrected chi connectivity index (χ3v) is 5.36. The molecular formula is C17H17FN2O3. The second-order valence-corrected chi connectivity index (χ2v) is 6.33. The van der Waals surface area contributed by atoms with Crippen LogP contribution in [0, 0.1) is 0 Å². The maximum Gasteiger partial charge on any atom is 0.326 e. The first-order valence-electron chi connectivity index (χ1n) is 7.51. The molecule has 1 aromatic carbocycles. The number of amides is 3. The number of rotatable bonds is 1. The summed E-state index contributed by atoms with van der Waals surface area (Å²) in [6.45, 7) is 0. The number of imide groups is 1. The molecule has 6 heteroatoms. The highest BCUT2D eigenvalue weighted by Gasteiger charge is 2.68. The van der Waals surface area contributed by atoms with Crippen molar-refractivity contribution in [2.24, 2.45) is 0 Å². The average molecular weight is 316 g/mol. The molecule has 1 heterocycles. The molecule has 0 unspecified atom stereocenters. The van der Waals surface area contributed by atoms with Crippen LogP contribution >= 0.6 is 0 Å². The third-order valence-electron chi connectivity index (χ3n) is 5.36. The summed E-state index contributed by atoms with van der Waals surface area (Å²) in [7, 11) is 4.36. The zero-order valence-electron chi connectivity index (χ0n) is 13.1. The predicted molar refractivity (Wildman–Crippen MR) is 80.6 cm³/mol. The number of halogens is 1. The number of nitrogens with zero attached hydrogens (tertiary/aromatic N) is 2. The molecule has 2 bridgehead atoms. The molecule has 3 aliphatic carbocycles. The summed E-state index contributed by atoms with van der Waals surface area (Å²) in [5, 5.41) is 0. The van der Waals surface area contributed by atoms with Gasteiger partial charge in [-0.3, -0.25) is 9.69 Å². The second-order valence-electron chi connectivity index (χ2n) is 6.33. The zero-order chi connectivity index (χ0) is 16.5. The molecule has 1 fully saturated rings. The SMILES string of the molecule is COC1=C[C@H]2c3ccccc3[C@@H]1[C@]1(F)C(=O)N(C)C(=O)N(C)[C@H]21. The van der Waals surface area contributed by atoms with Gasteiger partial charge in [-0.2, -0.15) is 0 Å². The summed E-state index contributed by atoms with van der Waals surface area (Å²) >= 11 is 0. The molecule has 0 spiro atoms. The standard InChI is InChI=1S/C17H17FN2O3/c1-19-14-11-8-12(23-3)13(10-7-5-4-6-9(10)11)17(14,18)15(21)20(2)16(19)22/h4-8,11,13-14H,1-3H3/t11-,13-,14+,17+/m0/s1. The van der Waals surface area contributed by atoms with Crippen molar-refractivity contribution in [3.8, 4) is 0 Å². The van der Waals surface area contributed by atoms with Crippen molar-refractivity contribution in [3.05, 3.63) is 47.2 Å². The van der Waals surface area contributed by atoms with Gasteiger partial charge in [0, 0.05) is 20.0 Å². The summed E-state index contributed by atoms with van der Waals surface area (Å²) in [6.07, 6.45) is 1.85. The van der Waals surface area contributed by atoms with Gasteiger partial charge >= 0.3 is 6.03 Å². The first kappa shape index (κ1) is 14.2. The average Bonchev–Trinajstić information content (AvgIpc) is 2.58. The minimum Gasteiger partial charge on any atom is -0.501 e. The number of ether oxygens (including phenoxy) is 1. The van der Waals surface area contributed by atoms with Gasteiger partial charge in [0.15, 0.2) is 0 Å². The van der Waals surface area contributed by atoms with Crippen LogP contribution in [0.4, 0.5) is 9.18 Å². The minimum atomic E-state index is -2.21. The van der Waals surface area contributed by atoms with E-state index in [-0.39, 0.29) is 0 Å². The number of allylic oxidation sites excluding steroid dienone is 1. The number of methoxy groups -OCH3 is 1.